The van der Waals surface area contributed by atoms with Crippen LogP contribution in [0.15, 0.2) is 18.3 Å². The molecule has 0 aliphatic carbocycles. The maximum atomic E-state index is 4.50. The molecule has 0 aromatic carbocycles. The van der Waals surface area contributed by atoms with Crippen LogP contribution in [0.1, 0.15) is 17.7 Å². The van der Waals surface area contributed by atoms with Crippen LogP contribution in [0.4, 0.5) is 0 Å². The maximum Gasteiger partial charge on any atom is 0.0544 e. The second-order valence-corrected chi connectivity index (χ2v) is 5.79. The summed E-state index contributed by atoms with van der Waals surface area (Å²) in [5, 5.41) is 3.46. The van der Waals surface area contributed by atoms with Crippen LogP contribution in [-0.2, 0) is 6.54 Å². The zero-order valence-corrected chi connectivity index (χ0v) is 13.0. The topological polar surface area (TPSA) is 31.4 Å². The molecule has 20 heavy (non-hydrogen) atoms. The summed E-state index contributed by atoms with van der Waals surface area (Å²) < 4.78 is 0. The molecule has 1 aromatic rings. The average molecular weight is 297 g/mol. The van der Waals surface area contributed by atoms with Crippen molar-refractivity contribution >= 4 is 12.4 Å². The van der Waals surface area contributed by atoms with E-state index in [1.54, 1.807) is 0 Å². The van der Waals surface area contributed by atoms with Crippen molar-refractivity contribution in [1.82, 2.24) is 20.1 Å². The number of aromatic nitrogens is 1. The lowest BCUT2D eigenvalue weighted by molar-refractivity contribution is 0.0973. The van der Waals surface area contributed by atoms with Gasteiger partial charge in [-0.05, 0) is 31.5 Å². The van der Waals surface area contributed by atoms with E-state index in [9.17, 15) is 0 Å². The Labute approximate surface area is 128 Å². The van der Waals surface area contributed by atoms with Gasteiger partial charge in [0.05, 0.1) is 5.69 Å². The molecule has 3 rings (SSSR count). The van der Waals surface area contributed by atoms with Gasteiger partial charge >= 0.3 is 0 Å². The molecule has 0 saturated carbocycles. The molecule has 0 spiro atoms. The molecule has 2 aliphatic heterocycles. The minimum absolute atomic E-state index is 0. The normalized spacial score (nSPS) is 24.6. The highest BCUT2D eigenvalue weighted by Crippen LogP contribution is 2.13. The van der Waals surface area contributed by atoms with Crippen LogP contribution in [0.2, 0.25) is 0 Å². The average Bonchev–Trinajstić information content (AvgIpc) is 2.96. The summed E-state index contributed by atoms with van der Waals surface area (Å²) in [5.41, 5.74) is 2.43. The molecule has 0 radical (unpaired) electrons. The third kappa shape index (κ3) is 3.92. The van der Waals surface area contributed by atoms with Crippen LogP contribution in [-0.4, -0.2) is 60.1 Å². The molecule has 1 aromatic heterocycles. The van der Waals surface area contributed by atoms with Gasteiger partial charge < -0.3 is 5.32 Å². The Balaban J connectivity index is 0.00000147. The van der Waals surface area contributed by atoms with Gasteiger partial charge in [0.2, 0.25) is 0 Å². The van der Waals surface area contributed by atoms with Gasteiger partial charge in [-0.1, -0.05) is 6.07 Å². The Morgan fingerprint density at radius 1 is 1.25 bits per heavy atom. The van der Waals surface area contributed by atoms with E-state index in [1.165, 1.54) is 56.9 Å². The van der Waals surface area contributed by atoms with Gasteiger partial charge in [-0.25, -0.2) is 0 Å². The number of piperazine rings is 1. The van der Waals surface area contributed by atoms with Gasteiger partial charge in [-0.15, -0.1) is 12.4 Å². The van der Waals surface area contributed by atoms with Crippen LogP contribution in [0.5, 0.6) is 0 Å². The van der Waals surface area contributed by atoms with Crippen molar-refractivity contribution in [1.29, 1.82) is 0 Å². The fourth-order valence-electron chi connectivity index (χ4n) is 3.06. The van der Waals surface area contributed by atoms with E-state index in [-0.39, 0.29) is 12.4 Å². The number of nitrogens with one attached hydrogen (secondary N) is 1. The van der Waals surface area contributed by atoms with E-state index in [2.05, 4.69) is 39.2 Å². The smallest absolute Gasteiger partial charge is 0.0544 e. The van der Waals surface area contributed by atoms with Gasteiger partial charge in [-0.3, -0.25) is 14.8 Å². The Morgan fingerprint density at radius 2 is 2.05 bits per heavy atom. The fraction of sp³-hybridized carbons (Fsp3) is 0.667. The minimum Gasteiger partial charge on any atom is -0.315 e. The lowest BCUT2D eigenvalue weighted by Gasteiger charge is -2.37. The first-order chi connectivity index (χ1) is 9.31. The number of rotatable bonds is 3. The molecule has 1 atom stereocenters. The van der Waals surface area contributed by atoms with E-state index in [1.807, 2.05) is 6.20 Å². The number of halogens is 1. The minimum atomic E-state index is 0. The summed E-state index contributed by atoms with van der Waals surface area (Å²) in [5.74, 6) is 0. The monoisotopic (exact) mass is 296 g/mol. The van der Waals surface area contributed by atoms with Gasteiger partial charge in [0.15, 0.2) is 0 Å². The van der Waals surface area contributed by atoms with Crippen molar-refractivity contribution in [2.75, 3.05) is 39.3 Å². The van der Waals surface area contributed by atoms with Crippen LogP contribution >= 0.6 is 12.4 Å². The summed E-state index contributed by atoms with van der Waals surface area (Å²) in [6.45, 7) is 10.2. The van der Waals surface area contributed by atoms with E-state index < -0.39 is 0 Å². The highest BCUT2D eigenvalue weighted by molar-refractivity contribution is 5.85. The van der Waals surface area contributed by atoms with Crippen LogP contribution < -0.4 is 5.32 Å². The number of pyridine rings is 1. The highest BCUT2D eigenvalue weighted by atomic mass is 35.5. The van der Waals surface area contributed by atoms with Gasteiger partial charge in [0, 0.05) is 51.5 Å². The van der Waals surface area contributed by atoms with Crippen molar-refractivity contribution in [3.8, 4) is 0 Å². The van der Waals surface area contributed by atoms with E-state index >= 15 is 0 Å². The van der Waals surface area contributed by atoms with Crippen molar-refractivity contribution in [2.45, 2.75) is 25.9 Å². The zero-order chi connectivity index (χ0) is 13.1. The molecule has 1 unspecified atom stereocenters. The Morgan fingerprint density at radius 3 is 2.65 bits per heavy atom. The lowest BCUT2D eigenvalue weighted by atomic mass is 10.2. The van der Waals surface area contributed by atoms with Gasteiger partial charge in [0.1, 0.15) is 0 Å². The number of aryl methyl sites for hydroxylation is 1. The largest absolute Gasteiger partial charge is 0.315 e. The van der Waals surface area contributed by atoms with Crippen LogP contribution in [0.3, 0.4) is 0 Å². The molecule has 112 valence electrons. The fourth-order valence-corrected chi connectivity index (χ4v) is 3.06. The molecule has 5 heteroatoms. The second kappa shape index (κ2) is 7.36. The molecule has 2 aliphatic rings. The Hall–Kier alpha value is -0.680. The van der Waals surface area contributed by atoms with Crippen molar-refractivity contribution in [3.63, 3.8) is 0 Å². The molecule has 0 amide bonds. The maximum absolute atomic E-state index is 4.50. The number of hydrogen-bond acceptors (Lipinski definition) is 4. The quantitative estimate of drug-likeness (QED) is 0.911. The molecule has 0 bridgehead atoms. The first-order valence-electron chi connectivity index (χ1n) is 7.40. The Kier molecular flexibility index (Phi) is 5.78. The summed E-state index contributed by atoms with van der Waals surface area (Å²) >= 11 is 0. The van der Waals surface area contributed by atoms with Crippen molar-refractivity contribution in [2.24, 2.45) is 0 Å². The first-order valence-corrected chi connectivity index (χ1v) is 7.40. The predicted octanol–water partition coefficient (Wildman–Crippen LogP) is 1.29. The van der Waals surface area contributed by atoms with E-state index in [0.29, 0.717) is 0 Å². The van der Waals surface area contributed by atoms with Gasteiger partial charge in [-0.2, -0.15) is 0 Å². The molecule has 1 N–H and O–H groups in total. The molecular formula is C15H25ClN4. The first kappa shape index (κ1) is 15.7. The number of nitrogens with zero attached hydrogens (tertiary/aromatic N) is 3. The Bertz CT molecular complexity index is 395. The van der Waals surface area contributed by atoms with Crippen molar-refractivity contribution < 1.29 is 0 Å². The molecule has 3 heterocycles. The second-order valence-electron chi connectivity index (χ2n) is 5.79. The lowest BCUT2D eigenvalue weighted by Crippen LogP contribution is -2.50. The predicted molar refractivity (Wildman–Crippen MR) is 84.3 cm³/mol. The summed E-state index contributed by atoms with van der Waals surface area (Å²) in [6, 6.07) is 5.09. The third-order valence-electron chi connectivity index (χ3n) is 4.32. The van der Waals surface area contributed by atoms with Gasteiger partial charge in [0.25, 0.3) is 0 Å². The molecule has 2 saturated heterocycles. The summed E-state index contributed by atoms with van der Waals surface area (Å²) in [4.78, 5) is 9.68. The molecule has 2 fully saturated rings. The van der Waals surface area contributed by atoms with Crippen LogP contribution in [0.25, 0.3) is 0 Å². The van der Waals surface area contributed by atoms with E-state index in [4.69, 9.17) is 0 Å². The van der Waals surface area contributed by atoms with Crippen molar-refractivity contribution in [3.05, 3.63) is 29.6 Å². The highest BCUT2D eigenvalue weighted by Gasteiger charge is 2.25. The standard InChI is InChI=1S/C15H24N4.ClH/c1-13-2-3-14(17-10-13)12-18-6-8-19(9-7-18)15-4-5-16-11-15;/h2-3,10,15-16H,4-9,11-12H2,1H3;1H. The zero-order valence-electron chi connectivity index (χ0n) is 12.2. The molecular weight excluding hydrogens is 272 g/mol. The SMILES string of the molecule is Cc1ccc(CN2CCN(C3CCNC3)CC2)nc1.Cl. The van der Waals surface area contributed by atoms with Crippen LogP contribution in [0, 0.1) is 6.92 Å². The number of hydrogen-bond donors (Lipinski definition) is 1. The summed E-state index contributed by atoms with van der Waals surface area (Å²) in [7, 11) is 0. The molecule has 4 nitrogen and oxygen atoms in total. The third-order valence-corrected chi connectivity index (χ3v) is 4.32. The summed E-state index contributed by atoms with van der Waals surface area (Å²) in [6.07, 6.45) is 3.29. The van der Waals surface area contributed by atoms with E-state index in [0.717, 1.165) is 12.6 Å².